The molecule has 1 amide bonds. The molecule has 8 heteroatoms. The number of hydrazone groups is 1. The zero-order chi connectivity index (χ0) is 20.8. The van der Waals surface area contributed by atoms with Crippen molar-refractivity contribution in [1.82, 2.24) is 15.6 Å². The first-order chi connectivity index (χ1) is 14.0. The maximum atomic E-state index is 12.3. The van der Waals surface area contributed by atoms with E-state index in [1.165, 1.54) is 0 Å². The van der Waals surface area contributed by atoms with Crippen LogP contribution in [0.1, 0.15) is 16.1 Å². The van der Waals surface area contributed by atoms with Gasteiger partial charge in [0.1, 0.15) is 5.69 Å². The molecule has 29 heavy (non-hydrogen) atoms. The quantitative estimate of drug-likeness (QED) is 0.476. The molecule has 1 heterocycles. The van der Waals surface area contributed by atoms with Gasteiger partial charge in [-0.3, -0.25) is 9.89 Å². The van der Waals surface area contributed by atoms with Gasteiger partial charge in [-0.15, -0.1) is 0 Å². The summed E-state index contributed by atoms with van der Waals surface area (Å²) < 4.78 is 10.5. The second-order valence-electron chi connectivity index (χ2n) is 6.42. The Morgan fingerprint density at radius 3 is 2.45 bits per heavy atom. The molecule has 0 aliphatic heterocycles. The molecule has 0 unspecified atom stereocenters. The molecule has 1 aromatic heterocycles. The highest BCUT2D eigenvalue weighted by molar-refractivity contribution is 5.94. The highest BCUT2D eigenvalue weighted by atomic mass is 16.5. The second-order valence-corrected chi connectivity index (χ2v) is 6.42. The van der Waals surface area contributed by atoms with E-state index in [-0.39, 0.29) is 5.91 Å². The van der Waals surface area contributed by atoms with Crippen molar-refractivity contribution in [2.75, 3.05) is 33.2 Å². The van der Waals surface area contributed by atoms with Gasteiger partial charge in [0.25, 0.3) is 5.91 Å². The highest BCUT2D eigenvalue weighted by Crippen LogP contribution is 2.31. The van der Waals surface area contributed by atoms with E-state index in [2.05, 4.69) is 20.7 Å². The number of methoxy groups -OCH3 is 2. The fraction of sp³-hybridized carbons (Fsp3) is 0.190. The topological polar surface area (TPSA) is 91.8 Å². The van der Waals surface area contributed by atoms with Gasteiger partial charge in [0.05, 0.1) is 26.1 Å². The number of hydrogen-bond donors (Lipinski definition) is 2. The standard InChI is InChI=1S/C21H23N5O3/c1-26(2)16-8-5-14(6-9-16)13-22-25-21(27)18-12-17(23-24-18)15-7-10-19(28-3)20(11-15)29-4/h5-13H,1-4H3,(H,23,24)(H,25,27). The second kappa shape index (κ2) is 8.92. The zero-order valence-corrected chi connectivity index (χ0v) is 16.8. The van der Waals surface area contributed by atoms with E-state index in [0.717, 1.165) is 16.8 Å². The average Bonchev–Trinajstić information content (AvgIpc) is 3.24. The van der Waals surface area contributed by atoms with E-state index in [0.29, 0.717) is 22.9 Å². The Morgan fingerprint density at radius 1 is 1.07 bits per heavy atom. The number of amides is 1. The Balaban J connectivity index is 1.66. The number of H-pyrrole nitrogens is 1. The SMILES string of the molecule is COc1ccc(-c2cc(C(=O)NN=Cc3ccc(N(C)C)cc3)[nH]n2)cc1OC. The first-order valence-corrected chi connectivity index (χ1v) is 8.90. The van der Waals surface area contributed by atoms with Gasteiger partial charge in [0.15, 0.2) is 11.5 Å². The molecule has 0 radical (unpaired) electrons. The summed E-state index contributed by atoms with van der Waals surface area (Å²) in [5.74, 6) is 0.826. The molecule has 2 aromatic carbocycles. The van der Waals surface area contributed by atoms with Crippen LogP contribution >= 0.6 is 0 Å². The van der Waals surface area contributed by atoms with Crippen molar-refractivity contribution < 1.29 is 14.3 Å². The van der Waals surface area contributed by atoms with E-state index < -0.39 is 0 Å². The molecule has 0 saturated heterocycles. The molecule has 3 rings (SSSR count). The van der Waals surface area contributed by atoms with Crippen LogP contribution in [-0.4, -0.2) is 50.6 Å². The van der Waals surface area contributed by atoms with E-state index in [1.54, 1.807) is 38.6 Å². The molecule has 0 atom stereocenters. The first-order valence-electron chi connectivity index (χ1n) is 8.90. The van der Waals surface area contributed by atoms with Gasteiger partial charge >= 0.3 is 0 Å². The maximum Gasteiger partial charge on any atom is 0.289 e. The molecule has 150 valence electrons. The largest absolute Gasteiger partial charge is 0.493 e. The van der Waals surface area contributed by atoms with Crippen LogP contribution in [0, 0.1) is 0 Å². The molecule has 0 spiro atoms. The van der Waals surface area contributed by atoms with Crippen molar-refractivity contribution in [3.05, 3.63) is 59.8 Å². The fourth-order valence-corrected chi connectivity index (χ4v) is 2.67. The van der Waals surface area contributed by atoms with Crippen LogP contribution in [0.25, 0.3) is 11.3 Å². The molecule has 3 aromatic rings. The Labute approximate surface area is 169 Å². The van der Waals surface area contributed by atoms with Gasteiger partial charge < -0.3 is 14.4 Å². The summed E-state index contributed by atoms with van der Waals surface area (Å²) in [5.41, 5.74) is 6.17. The number of rotatable bonds is 7. The first kappa shape index (κ1) is 19.9. The number of ether oxygens (including phenoxy) is 2. The number of carbonyl (C=O) groups is 1. The Hall–Kier alpha value is -3.81. The Morgan fingerprint density at radius 2 is 1.79 bits per heavy atom. The van der Waals surface area contributed by atoms with E-state index >= 15 is 0 Å². The normalized spacial score (nSPS) is 10.8. The lowest BCUT2D eigenvalue weighted by atomic mass is 10.1. The van der Waals surface area contributed by atoms with Crippen LogP contribution in [0.15, 0.2) is 53.6 Å². The number of anilines is 1. The number of hydrogen-bond acceptors (Lipinski definition) is 6. The van der Waals surface area contributed by atoms with Gasteiger partial charge in [0.2, 0.25) is 0 Å². The van der Waals surface area contributed by atoms with E-state index in [9.17, 15) is 4.79 Å². The minimum Gasteiger partial charge on any atom is -0.493 e. The average molecular weight is 393 g/mol. The maximum absolute atomic E-state index is 12.3. The number of nitrogens with zero attached hydrogens (tertiary/aromatic N) is 3. The van der Waals surface area contributed by atoms with Crippen LogP contribution in [-0.2, 0) is 0 Å². The number of aromatic nitrogens is 2. The number of aromatic amines is 1. The molecule has 0 aliphatic rings. The molecule has 0 aliphatic carbocycles. The van der Waals surface area contributed by atoms with Crippen molar-refractivity contribution in [2.45, 2.75) is 0 Å². The molecular formula is C21H23N5O3. The monoisotopic (exact) mass is 393 g/mol. The fourth-order valence-electron chi connectivity index (χ4n) is 2.67. The minimum atomic E-state index is -0.384. The lowest BCUT2D eigenvalue weighted by molar-refractivity contribution is 0.0950. The molecule has 0 saturated carbocycles. The van der Waals surface area contributed by atoms with Crippen molar-refractivity contribution in [2.24, 2.45) is 5.10 Å². The van der Waals surface area contributed by atoms with Crippen molar-refractivity contribution in [3.8, 4) is 22.8 Å². The molecule has 2 N–H and O–H groups in total. The van der Waals surface area contributed by atoms with Crippen molar-refractivity contribution in [1.29, 1.82) is 0 Å². The summed E-state index contributed by atoms with van der Waals surface area (Å²) >= 11 is 0. The Kier molecular flexibility index (Phi) is 6.13. The summed E-state index contributed by atoms with van der Waals surface area (Å²) in [5, 5.41) is 10.9. The predicted molar refractivity (Wildman–Crippen MR) is 113 cm³/mol. The summed E-state index contributed by atoms with van der Waals surface area (Å²) in [6, 6.07) is 14.9. The molecular weight excluding hydrogens is 370 g/mol. The third kappa shape index (κ3) is 4.73. The van der Waals surface area contributed by atoms with Crippen molar-refractivity contribution in [3.63, 3.8) is 0 Å². The van der Waals surface area contributed by atoms with Gasteiger partial charge in [0, 0.05) is 25.3 Å². The number of nitrogens with one attached hydrogen (secondary N) is 2. The minimum absolute atomic E-state index is 0.301. The van der Waals surface area contributed by atoms with Crippen LogP contribution in [0.4, 0.5) is 5.69 Å². The van der Waals surface area contributed by atoms with Gasteiger partial charge in [-0.1, -0.05) is 12.1 Å². The summed E-state index contributed by atoms with van der Waals surface area (Å²) in [7, 11) is 7.09. The van der Waals surface area contributed by atoms with Crippen molar-refractivity contribution >= 4 is 17.8 Å². The van der Waals surface area contributed by atoms with Crippen LogP contribution < -0.4 is 19.8 Å². The predicted octanol–water partition coefficient (Wildman–Crippen LogP) is 2.92. The Bertz CT molecular complexity index is 1010. The zero-order valence-electron chi connectivity index (χ0n) is 16.8. The smallest absolute Gasteiger partial charge is 0.289 e. The van der Waals surface area contributed by atoms with Crippen LogP contribution in [0.5, 0.6) is 11.5 Å². The van der Waals surface area contributed by atoms with Crippen LogP contribution in [0.2, 0.25) is 0 Å². The number of benzene rings is 2. The molecule has 0 bridgehead atoms. The van der Waals surface area contributed by atoms with Gasteiger partial charge in [-0.25, -0.2) is 5.43 Å². The van der Waals surface area contributed by atoms with E-state index in [4.69, 9.17) is 9.47 Å². The van der Waals surface area contributed by atoms with Crippen LogP contribution in [0.3, 0.4) is 0 Å². The lowest BCUT2D eigenvalue weighted by Gasteiger charge is -2.11. The number of carbonyl (C=O) groups excluding carboxylic acids is 1. The third-order valence-corrected chi connectivity index (χ3v) is 4.29. The van der Waals surface area contributed by atoms with Gasteiger partial charge in [-0.2, -0.15) is 10.2 Å². The lowest BCUT2D eigenvalue weighted by Crippen LogP contribution is -2.18. The molecule has 8 nitrogen and oxygen atoms in total. The highest BCUT2D eigenvalue weighted by Gasteiger charge is 2.12. The summed E-state index contributed by atoms with van der Waals surface area (Å²) in [6.45, 7) is 0. The summed E-state index contributed by atoms with van der Waals surface area (Å²) in [6.07, 6.45) is 1.59. The van der Waals surface area contributed by atoms with Gasteiger partial charge in [-0.05, 0) is 42.0 Å². The third-order valence-electron chi connectivity index (χ3n) is 4.29. The van der Waals surface area contributed by atoms with E-state index in [1.807, 2.05) is 49.3 Å². The molecule has 0 fully saturated rings. The summed E-state index contributed by atoms with van der Waals surface area (Å²) in [4.78, 5) is 14.3.